The predicted octanol–water partition coefficient (Wildman–Crippen LogP) is 3.97. The van der Waals surface area contributed by atoms with E-state index in [4.69, 9.17) is 4.52 Å². The standard InChI is InChI=1S/C24H18FN9O/c25-18-8-1-2-10-20(18)34-22(19-9-3-4-11-27-19)21(30-32-34)24-29-23(31-35-24)17-7-5-6-16(12-17)13-33-15-26-14-28-33/h1-2,5-12,14-15H,3-4,13H2. The lowest BCUT2D eigenvalue weighted by Crippen LogP contribution is -2.05. The van der Waals surface area contributed by atoms with Gasteiger partial charge < -0.3 is 4.52 Å². The van der Waals surface area contributed by atoms with Crippen LogP contribution in [0.4, 0.5) is 4.39 Å². The van der Waals surface area contributed by atoms with Crippen molar-refractivity contribution in [1.82, 2.24) is 39.9 Å². The second-order valence-electron chi connectivity index (χ2n) is 7.84. The molecule has 0 unspecified atom stereocenters. The fourth-order valence-electron chi connectivity index (χ4n) is 3.86. The number of hydrogen-bond acceptors (Lipinski definition) is 8. The predicted molar refractivity (Wildman–Crippen MR) is 125 cm³/mol. The van der Waals surface area contributed by atoms with Gasteiger partial charge in [-0.05, 0) is 36.6 Å². The van der Waals surface area contributed by atoms with Gasteiger partial charge in [-0.25, -0.2) is 18.7 Å². The summed E-state index contributed by atoms with van der Waals surface area (Å²) in [5.74, 6) is 0.134. The van der Waals surface area contributed by atoms with Crippen molar-refractivity contribution in [2.24, 2.45) is 4.99 Å². The maximum Gasteiger partial charge on any atom is 0.281 e. The van der Waals surface area contributed by atoms with Crippen molar-refractivity contribution in [3.8, 4) is 28.7 Å². The summed E-state index contributed by atoms with van der Waals surface area (Å²) >= 11 is 0. The molecule has 1 aliphatic rings. The molecule has 0 bridgehead atoms. The Labute approximate surface area is 198 Å². The van der Waals surface area contributed by atoms with Gasteiger partial charge in [-0.2, -0.15) is 10.1 Å². The molecule has 172 valence electrons. The minimum absolute atomic E-state index is 0.168. The number of nitrogens with zero attached hydrogens (tertiary/aromatic N) is 9. The highest BCUT2D eigenvalue weighted by Crippen LogP contribution is 2.32. The van der Waals surface area contributed by atoms with E-state index < -0.39 is 5.82 Å². The van der Waals surface area contributed by atoms with Crippen LogP contribution in [-0.2, 0) is 6.54 Å². The molecule has 0 atom stereocenters. The summed E-state index contributed by atoms with van der Waals surface area (Å²) in [5.41, 5.74) is 3.47. The monoisotopic (exact) mass is 467 g/mol. The Balaban J connectivity index is 1.40. The summed E-state index contributed by atoms with van der Waals surface area (Å²) in [5, 5.41) is 16.8. The van der Waals surface area contributed by atoms with Crippen molar-refractivity contribution in [3.05, 3.63) is 84.3 Å². The van der Waals surface area contributed by atoms with Crippen LogP contribution >= 0.6 is 0 Å². The van der Waals surface area contributed by atoms with Crippen LogP contribution in [0.5, 0.6) is 0 Å². The molecular weight excluding hydrogens is 449 g/mol. The average Bonchev–Trinajstić information content (AvgIpc) is 3.66. The molecule has 0 amide bonds. The Kier molecular flexibility index (Phi) is 5.26. The van der Waals surface area contributed by atoms with Crippen LogP contribution in [0.1, 0.15) is 24.1 Å². The molecule has 0 saturated heterocycles. The third kappa shape index (κ3) is 4.03. The van der Waals surface area contributed by atoms with E-state index in [0.717, 1.165) is 24.0 Å². The highest BCUT2D eigenvalue weighted by Gasteiger charge is 2.26. The fraction of sp³-hybridized carbons (Fsp3) is 0.125. The van der Waals surface area contributed by atoms with Gasteiger partial charge in [0.25, 0.3) is 5.89 Å². The second-order valence-corrected chi connectivity index (χ2v) is 7.84. The quantitative estimate of drug-likeness (QED) is 0.371. The first-order valence-electron chi connectivity index (χ1n) is 11.0. The normalized spacial score (nSPS) is 13.2. The molecule has 11 heteroatoms. The molecular formula is C24H18FN9O. The molecule has 0 aliphatic carbocycles. The molecule has 6 rings (SSSR count). The van der Waals surface area contributed by atoms with Crippen molar-refractivity contribution in [1.29, 1.82) is 0 Å². The lowest BCUT2D eigenvalue weighted by Gasteiger charge is -2.10. The fourth-order valence-corrected chi connectivity index (χ4v) is 3.86. The van der Waals surface area contributed by atoms with Crippen LogP contribution in [0.15, 0.2) is 76.8 Å². The highest BCUT2D eigenvalue weighted by molar-refractivity contribution is 5.81. The van der Waals surface area contributed by atoms with E-state index in [1.165, 1.54) is 17.1 Å². The van der Waals surface area contributed by atoms with Crippen LogP contribution in [0, 0.1) is 5.82 Å². The Morgan fingerprint density at radius 2 is 2.00 bits per heavy atom. The number of rotatable bonds is 6. The van der Waals surface area contributed by atoms with E-state index in [0.29, 0.717) is 29.5 Å². The number of aromatic nitrogens is 8. The molecule has 35 heavy (non-hydrogen) atoms. The zero-order valence-corrected chi connectivity index (χ0v) is 18.4. The molecule has 10 nitrogen and oxygen atoms in total. The smallest absolute Gasteiger partial charge is 0.281 e. The first-order chi connectivity index (χ1) is 17.3. The Morgan fingerprint density at radius 1 is 1.06 bits per heavy atom. The molecule has 0 radical (unpaired) electrons. The number of benzene rings is 2. The van der Waals surface area contributed by atoms with E-state index in [9.17, 15) is 4.39 Å². The van der Waals surface area contributed by atoms with Gasteiger partial charge in [0.2, 0.25) is 5.82 Å². The number of allylic oxidation sites excluding steroid dienone is 1. The van der Waals surface area contributed by atoms with Crippen LogP contribution in [0.3, 0.4) is 0 Å². The number of halogens is 1. The van der Waals surface area contributed by atoms with E-state index in [-0.39, 0.29) is 11.6 Å². The number of para-hydroxylation sites is 1. The molecule has 0 spiro atoms. The zero-order valence-electron chi connectivity index (χ0n) is 18.4. The van der Waals surface area contributed by atoms with Crippen LogP contribution in [-0.4, -0.2) is 46.1 Å². The summed E-state index contributed by atoms with van der Waals surface area (Å²) in [4.78, 5) is 13.0. The maximum atomic E-state index is 14.6. The highest BCUT2D eigenvalue weighted by atomic mass is 19.1. The van der Waals surface area contributed by atoms with Gasteiger partial charge >= 0.3 is 0 Å². The van der Waals surface area contributed by atoms with Crippen LogP contribution in [0.2, 0.25) is 0 Å². The molecule has 3 aromatic heterocycles. The molecule has 0 N–H and O–H groups in total. The van der Waals surface area contributed by atoms with Crippen molar-refractivity contribution < 1.29 is 8.91 Å². The first kappa shape index (κ1) is 20.8. The Morgan fingerprint density at radius 3 is 2.83 bits per heavy atom. The third-order valence-corrected chi connectivity index (χ3v) is 5.48. The summed E-state index contributed by atoms with van der Waals surface area (Å²) in [6.45, 7) is 0.561. The summed E-state index contributed by atoms with van der Waals surface area (Å²) in [7, 11) is 0. The Bertz CT molecular complexity index is 1550. The molecule has 0 fully saturated rings. The molecule has 1 aliphatic heterocycles. The van der Waals surface area contributed by atoms with Gasteiger partial charge in [-0.1, -0.05) is 46.8 Å². The van der Waals surface area contributed by atoms with Crippen LogP contribution in [0.25, 0.3) is 34.4 Å². The van der Waals surface area contributed by atoms with Gasteiger partial charge in [-0.15, -0.1) is 5.10 Å². The zero-order chi connectivity index (χ0) is 23.6. The van der Waals surface area contributed by atoms with Crippen LogP contribution < -0.4 is 0 Å². The molecule has 5 aromatic rings. The minimum atomic E-state index is -0.430. The minimum Gasteiger partial charge on any atom is -0.332 e. The molecule has 0 saturated carbocycles. The van der Waals surface area contributed by atoms with Crippen molar-refractivity contribution in [2.75, 3.05) is 0 Å². The van der Waals surface area contributed by atoms with E-state index in [1.807, 2.05) is 36.6 Å². The molecule has 4 heterocycles. The van der Waals surface area contributed by atoms with Gasteiger partial charge in [0, 0.05) is 11.8 Å². The van der Waals surface area contributed by atoms with Gasteiger partial charge in [0.15, 0.2) is 5.69 Å². The first-order valence-corrected chi connectivity index (χ1v) is 11.0. The maximum absolute atomic E-state index is 14.6. The Hall–Kier alpha value is -4.80. The van der Waals surface area contributed by atoms with Crippen molar-refractivity contribution in [3.63, 3.8) is 0 Å². The summed E-state index contributed by atoms with van der Waals surface area (Å²) in [6.07, 6.45) is 8.56. The van der Waals surface area contributed by atoms with E-state index in [2.05, 4.69) is 35.5 Å². The van der Waals surface area contributed by atoms with E-state index in [1.54, 1.807) is 29.2 Å². The largest absolute Gasteiger partial charge is 0.332 e. The average molecular weight is 467 g/mol. The van der Waals surface area contributed by atoms with Gasteiger partial charge in [0.05, 0.1) is 12.2 Å². The van der Waals surface area contributed by atoms with E-state index >= 15 is 0 Å². The topological polar surface area (TPSA) is 113 Å². The van der Waals surface area contributed by atoms with Gasteiger partial charge in [-0.3, -0.25) is 4.99 Å². The third-order valence-electron chi connectivity index (χ3n) is 5.48. The molecule has 2 aromatic carbocycles. The van der Waals surface area contributed by atoms with Gasteiger partial charge in [0.1, 0.15) is 29.9 Å². The van der Waals surface area contributed by atoms with Crippen molar-refractivity contribution in [2.45, 2.75) is 19.4 Å². The lowest BCUT2D eigenvalue weighted by molar-refractivity contribution is 0.431. The number of aliphatic imine (C=N–C) groups is 1. The lowest BCUT2D eigenvalue weighted by atomic mass is 10.1. The van der Waals surface area contributed by atoms with Crippen molar-refractivity contribution >= 4 is 11.9 Å². The summed E-state index contributed by atoms with van der Waals surface area (Å²) in [6, 6.07) is 14.1. The number of hydrogen-bond donors (Lipinski definition) is 0. The SMILES string of the molecule is Fc1ccccc1-n1nnc(-c2nc(-c3cccc(Cn4cncn4)c3)no2)c1C1=CCCC=N1. The summed E-state index contributed by atoms with van der Waals surface area (Å²) < 4.78 is 23.4. The second kappa shape index (κ2) is 8.86.